The zero-order valence-electron chi connectivity index (χ0n) is 7.67. The molecule has 0 N–H and O–H groups in total. The predicted octanol–water partition coefficient (Wildman–Crippen LogP) is 2.31. The summed E-state index contributed by atoms with van der Waals surface area (Å²) in [5.41, 5.74) is 1.64. The maximum Gasteiger partial charge on any atom is 0.252 e. The van der Waals surface area contributed by atoms with E-state index in [1.807, 2.05) is 13.8 Å². The summed E-state index contributed by atoms with van der Waals surface area (Å²) in [6.45, 7) is 7.63. The van der Waals surface area contributed by atoms with Crippen LogP contribution in [0.2, 0.25) is 5.15 Å². The normalized spacial score (nSPS) is 9.77. The molecule has 3 nitrogen and oxygen atoms in total. The molecule has 0 saturated heterocycles. The number of aromatic nitrogens is 2. The van der Waals surface area contributed by atoms with E-state index < -0.39 is 0 Å². The molecule has 4 heteroatoms. The van der Waals surface area contributed by atoms with Gasteiger partial charge in [-0.3, -0.25) is 0 Å². The third-order valence-corrected chi connectivity index (χ3v) is 1.82. The predicted molar refractivity (Wildman–Crippen MR) is 52.2 cm³/mol. The topological polar surface area (TPSA) is 35.0 Å². The van der Waals surface area contributed by atoms with Gasteiger partial charge >= 0.3 is 0 Å². The van der Waals surface area contributed by atoms with E-state index in [1.165, 1.54) is 0 Å². The molecule has 0 unspecified atom stereocenters. The molecule has 13 heavy (non-hydrogen) atoms. The first-order valence-corrected chi connectivity index (χ1v) is 4.27. The standard InChI is InChI=1S/C9H11ClN2O/c1-4-5-13-9-8(10)11-6(2)7(3)12-9/h4H,1,5H2,2-3H3. The van der Waals surface area contributed by atoms with Gasteiger partial charge in [0.1, 0.15) is 6.61 Å². The Morgan fingerprint density at radius 3 is 2.62 bits per heavy atom. The van der Waals surface area contributed by atoms with E-state index in [0.717, 1.165) is 11.4 Å². The highest BCUT2D eigenvalue weighted by Gasteiger charge is 2.06. The van der Waals surface area contributed by atoms with Crippen LogP contribution < -0.4 is 4.74 Å². The number of aryl methyl sites for hydroxylation is 2. The van der Waals surface area contributed by atoms with Crippen LogP contribution in [0.5, 0.6) is 5.88 Å². The van der Waals surface area contributed by atoms with Gasteiger partial charge in [0.25, 0.3) is 5.88 Å². The van der Waals surface area contributed by atoms with Gasteiger partial charge in [-0.05, 0) is 13.8 Å². The number of rotatable bonds is 3. The van der Waals surface area contributed by atoms with Gasteiger partial charge < -0.3 is 4.74 Å². The largest absolute Gasteiger partial charge is 0.471 e. The Morgan fingerprint density at radius 1 is 1.38 bits per heavy atom. The second-order valence-electron chi connectivity index (χ2n) is 2.59. The van der Waals surface area contributed by atoms with Crippen LogP contribution in [0.1, 0.15) is 11.4 Å². The summed E-state index contributed by atoms with van der Waals surface area (Å²) in [4.78, 5) is 8.21. The molecule has 0 radical (unpaired) electrons. The summed E-state index contributed by atoms with van der Waals surface area (Å²) in [5, 5.41) is 0.296. The monoisotopic (exact) mass is 198 g/mol. The molecule has 0 aliphatic rings. The van der Waals surface area contributed by atoms with Crippen molar-refractivity contribution in [3.05, 3.63) is 29.2 Å². The van der Waals surface area contributed by atoms with Gasteiger partial charge in [-0.15, -0.1) is 0 Å². The van der Waals surface area contributed by atoms with E-state index in [2.05, 4.69) is 16.5 Å². The molecule has 0 fully saturated rings. The average Bonchev–Trinajstić information content (AvgIpc) is 2.09. The first-order chi connectivity index (χ1) is 6.15. The molecular weight excluding hydrogens is 188 g/mol. The third kappa shape index (κ3) is 2.42. The van der Waals surface area contributed by atoms with E-state index in [9.17, 15) is 0 Å². The third-order valence-electron chi connectivity index (χ3n) is 1.57. The zero-order chi connectivity index (χ0) is 9.84. The van der Waals surface area contributed by atoms with Crippen LogP contribution in [0.25, 0.3) is 0 Å². The summed E-state index contributed by atoms with van der Waals surface area (Å²) in [6, 6.07) is 0. The molecule has 0 atom stereocenters. The number of halogens is 1. The van der Waals surface area contributed by atoms with Crippen LogP contribution in [-0.4, -0.2) is 16.6 Å². The number of hydrogen-bond acceptors (Lipinski definition) is 3. The minimum atomic E-state index is 0.296. The van der Waals surface area contributed by atoms with Crippen LogP contribution in [0.4, 0.5) is 0 Å². The summed E-state index contributed by atoms with van der Waals surface area (Å²) in [5.74, 6) is 0.365. The molecule has 0 bridgehead atoms. The Hall–Kier alpha value is -1.09. The van der Waals surface area contributed by atoms with Crippen molar-refractivity contribution < 1.29 is 4.74 Å². The molecule has 0 saturated carbocycles. The van der Waals surface area contributed by atoms with E-state index >= 15 is 0 Å². The molecule has 1 rings (SSSR count). The quantitative estimate of drug-likeness (QED) is 0.700. The SMILES string of the molecule is C=CCOc1nc(C)c(C)nc1Cl. The van der Waals surface area contributed by atoms with Crippen LogP contribution in [0.15, 0.2) is 12.7 Å². The Kier molecular flexibility index (Phi) is 3.25. The molecule has 1 heterocycles. The maximum atomic E-state index is 5.80. The fourth-order valence-electron chi connectivity index (χ4n) is 0.785. The van der Waals surface area contributed by atoms with Crippen LogP contribution >= 0.6 is 11.6 Å². The number of nitrogens with zero attached hydrogens (tertiary/aromatic N) is 2. The lowest BCUT2D eigenvalue weighted by molar-refractivity contribution is 0.346. The minimum absolute atomic E-state index is 0.296. The lowest BCUT2D eigenvalue weighted by atomic mass is 10.3. The van der Waals surface area contributed by atoms with Crippen molar-refractivity contribution in [3.63, 3.8) is 0 Å². The van der Waals surface area contributed by atoms with Crippen molar-refractivity contribution in [2.45, 2.75) is 13.8 Å². The van der Waals surface area contributed by atoms with Crippen molar-refractivity contribution in [2.24, 2.45) is 0 Å². The van der Waals surface area contributed by atoms with Crippen molar-refractivity contribution in [3.8, 4) is 5.88 Å². The van der Waals surface area contributed by atoms with E-state index in [-0.39, 0.29) is 0 Å². The van der Waals surface area contributed by atoms with Crippen molar-refractivity contribution in [2.75, 3.05) is 6.61 Å². The minimum Gasteiger partial charge on any atom is -0.471 e. The van der Waals surface area contributed by atoms with E-state index in [0.29, 0.717) is 17.6 Å². The van der Waals surface area contributed by atoms with Gasteiger partial charge in [0.2, 0.25) is 0 Å². The molecule has 0 amide bonds. The first kappa shape index (κ1) is 9.99. The van der Waals surface area contributed by atoms with Crippen LogP contribution in [0.3, 0.4) is 0 Å². The highest BCUT2D eigenvalue weighted by Crippen LogP contribution is 2.20. The summed E-state index contributed by atoms with van der Waals surface area (Å²) >= 11 is 5.80. The van der Waals surface area contributed by atoms with Crippen LogP contribution in [-0.2, 0) is 0 Å². The summed E-state index contributed by atoms with van der Waals surface area (Å²) in [6.07, 6.45) is 1.63. The van der Waals surface area contributed by atoms with Gasteiger partial charge in [-0.1, -0.05) is 24.3 Å². The average molecular weight is 199 g/mol. The fourth-order valence-corrected chi connectivity index (χ4v) is 1.01. The Balaban J connectivity index is 2.94. The van der Waals surface area contributed by atoms with Crippen molar-refractivity contribution in [1.82, 2.24) is 9.97 Å². The van der Waals surface area contributed by atoms with Gasteiger partial charge in [0, 0.05) is 0 Å². The molecule has 0 aliphatic heterocycles. The van der Waals surface area contributed by atoms with Gasteiger partial charge in [-0.25, -0.2) is 9.97 Å². The zero-order valence-corrected chi connectivity index (χ0v) is 8.43. The first-order valence-electron chi connectivity index (χ1n) is 3.89. The smallest absolute Gasteiger partial charge is 0.252 e. The second-order valence-corrected chi connectivity index (χ2v) is 2.95. The molecule has 1 aromatic heterocycles. The van der Waals surface area contributed by atoms with E-state index in [1.54, 1.807) is 6.08 Å². The molecule has 0 aromatic carbocycles. The fraction of sp³-hybridized carbons (Fsp3) is 0.333. The van der Waals surface area contributed by atoms with E-state index in [4.69, 9.17) is 16.3 Å². The Labute approximate surface area is 82.4 Å². The number of hydrogen-bond donors (Lipinski definition) is 0. The van der Waals surface area contributed by atoms with Gasteiger partial charge in [0.15, 0.2) is 5.15 Å². The molecule has 70 valence electrons. The maximum absolute atomic E-state index is 5.80. The van der Waals surface area contributed by atoms with Gasteiger partial charge in [0.05, 0.1) is 11.4 Å². The second kappa shape index (κ2) is 4.23. The van der Waals surface area contributed by atoms with Crippen molar-refractivity contribution >= 4 is 11.6 Å². The van der Waals surface area contributed by atoms with Crippen molar-refractivity contribution in [1.29, 1.82) is 0 Å². The lowest BCUT2D eigenvalue weighted by Crippen LogP contribution is -2.01. The highest BCUT2D eigenvalue weighted by molar-refractivity contribution is 6.30. The Bertz CT molecular complexity index is 326. The highest BCUT2D eigenvalue weighted by atomic mass is 35.5. The molecular formula is C9H11ClN2O. The van der Waals surface area contributed by atoms with Crippen LogP contribution in [0, 0.1) is 13.8 Å². The molecule has 0 aliphatic carbocycles. The van der Waals surface area contributed by atoms with Gasteiger partial charge in [-0.2, -0.15) is 0 Å². The molecule has 0 spiro atoms. The molecule has 1 aromatic rings. The summed E-state index contributed by atoms with van der Waals surface area (Å²) in [7, 11) is 0. The lowest BCUT2D eigenvalue weighted by Gasteiger charge is -2.06. The number of ether oxygens (including phenoxy) is 1. The summed E-state index contributed by atoms with van der Waals surface area (Å²) < 4.78 is 5.20. The Morgan fingerprint density at radius 2 is 2.00 bits per heavy atom.